The van der Waals surface area contributed by atoms with Gasteiger partial charge in [0, 0.05) is 23.0 Å². The van der Waals surface area contributed by atoms with Gasteiger partial charge in [-0.05, 0) is 42.5 Å². The highest BCUT2D eigenvalue weighted by Crippen LogP contribution is 2.20. The molecule has 0 spiro atoms. The second-order valence-corrected chi connectivity index (χ2v) is 7.19. The summed E-state index contributed by atoms with van der Waals surface area (Å²) in [6.07, 6.45) is 1.53. The molecule has 0 saturated carbocycles. The molecule has 1 aromatic carbocycles. The minimum atomic E-state index is -1.04. The number of benzene rings is 1. The van der Waals surface area contributed by atoms with Crippen LogP contribution < -0.4 is 10.1 Å². The lowest BCUT2D eigenvalue weighted by molar-refractivity contribution is -0.142. The van der Waals surface area contributed by atoms with E-state index in [1.54, 1.807) is 35.6 Å². The van der Waals surface area contributed by atoms with E-state index in [-0.39, 0.29) is 5.92 Å². The van der Waals surface area contributed by atoms with Gasteiger partial charge in [-0.2, -0.15) is 0 Å². The summed E-state index contributed by atoms with van der Waals surface area (Å²) in [5.74, 6) is -1.12. The molecule has 3 rings (SSSR count). The van der Waals surface area contributed by atoms with Crippen LogP contribution in [-0.4, -0.2) is 36.2 Å². The molecule has 0 bridgehead atoms. The van der Waals surface area contributed by atoms with Crippen LogP contribution in [0.25, 0.3) is 0 Å². The summed E-state index contributed by atoms with van der Waals surface area (Å²) in [7, 11) is 0. The smallest absolute Gasteiger partial charge is 0.326 e. The fraction of sp³-hybridized carbons (Fsp3) is 0.368. The monoisotopic (exact) mass is 375 g/mol. The minimum absolute atomic E-state index is 0.219. The summed E-state index contributed by atoms with van der Waals surface area (Å²) in [5.41, 5.74) is 0.372. The first-order valence-electron chi connectivity index (χ1n) is 8.50. The van der Waals surface area contributed by atoms with Gasteiger partial charge in [0.15, 0.2) is 0 Å². The highest BCUT2D eigenvalue weighted by molar-refractivity contribution is 7.09. The van der Waals surface area contributed by atoms with Crippen LogP contribution in [0.2, 0.25) is 0 Å². The van der Waals surface area contributed by atoms with E-state index in [0.717, 1.165) is 17.7 Å². The van der Waals surface area contributed by atoms with Crippen LogP contribution in [0, 0.1) is 5.92 Å². The van der Waals surface area contributed by atoms with E-state index in [0.29, 0.717) is 31.1 Å². The van der Waals surface area contributed by atoms with Crippen molar-refractivity contribution < 1.29 is 24.2 Å². The number of rotatable bonds is 7. The number of carbonyl (C=O) groups excluding carboxylic acids is 1. The molecule has 2 aromatic rings. The SMILES string of the molecule is O=C(NC(C(=O)O)C1CCCOC1)c1cccc(OCc2cccs2)c1. The van der Waals surface area contributed by atoms with E-state index in [2.05, 4.69) is 5.32 Å². The number of carbonyl (C=O) groups is 2. The number of carboxylic acids is 1. The zero-order valence-corrected chi connectivity index (χ0v) is 15.0. The summed E-state index contributed by atoms with van der Waals surface area (Å²) in [6, 6.07) is 9.73. The molecule has 0 radical (unpaired) electrons. The van der Waals surface area contributed by atoms with Gasteiger partial charge in [0.25, 0.3) is 5.91 Å². The first-order chi connectivity index (χ1) is 12.6. The van der Waals surface area contributed by atoms with E-state index in [4.69, 9.17) is 9.47 Å². The molecular formula is C19H21NO5S. The Morgan fingerprint density at radius 3 is 2.92 bits per heavy atom. The number of nitrogens with one attached hydrogen (secondary N) is 1. The first-order valence-corrected chi connectivity index (χ1v) is 9.38. The van der Waals surface area contributed by atoms with Gasteiger partial charge >= 0.3 is 5.97 Å². The predicted molar refractivity (Wildman–Crippen MR) is 97.5 cm³/mol. The van der Waals surface area contributed by atoms with E-state index in [9.17, 15) is 14.7 Å². The van der Waals surface area contributed by atoms with Gasteiger partial charge in [-0.15, -0.1) is 11.3 Å². The van der Waals surface area contributed by atoms with E-state index >= 15 is 0 Å². The average molecular weight is 375 g/mol. The van der Waals surface area contributed by atoms with Crippen molar-refractivity contribution in [2.75, 3.05) is 13.2 Å². The second kappa shape index (κ2) is 8.82. The van der Waals surface area contributed by atoms with Crippen LogP contribution >= 0.6 is 11.3 Å². The van der Waals surface area contributed by atoms with Crippen molar-refractivity contribution in [3.8, 4) is 5.75 Å². The van der Waals surface area contributed by atoms with Crippen molar-refractivity contribution in [1.29, 1.82) is 0 Å². The topological polar surface area (TPSA) is 84.9 Å². The second-order valence-electron chi connectivity index (χ2n) is 6.16. The highest BCUT2D eigenvalue weighted by Gasteiger charge is 2.31. The summed E-state index contributed by atoms with van der Waals surface area (Å²) >= 11 is 1.60. The third-order valence-electron chi connectivity index (χ3n) is 4.28. The van der Waals surface area contributed by atoms with Crippen LogP contribution in [0.1, 0.15) is 28.1 Å². The average Bonchev–Trinajstić information content (AvgIpc) is 3.18. The number of carboxylic acid groups (broad SMARTS) is 1. The lowest BCUT2D eigenvalue weighted by Crippen LogP contribution is -2.48. The maximum absolute atomic E-state index is 12.5. The van der Waals surface area contributed by atoms with Crippen molar-refractivity contribution in [3.05, 3.63) is 52.2 Å². The van der Waals surface area contributed by atoms with Gasteiger partial charge in [0.2, 0.25) is 0 Å². The van der Waals surface area contributed by atoms with Gasteiger partial charge in [-0.3, -0.25) is 4.79 Å². The van der Waals surface area contributed by atoms with Crippen LogP contribution in [0.5, 0.6) is 5.75 Å². The molecule has 1 aliphatic rings. The summed E-state index contributed by atoms with van der Waals surface area (Å²) in [4.78, 5) is 25.2. The normalized spacial score (nSPS) is 18.1. The lowest BCUT2D eigenvalue weighted by Gasteiger charge is -2.28. The Labute approximate surface area is 155 Å². The standard InChI is InChI=1S/C19H21NO5S/c21-18(20-17(19(22)23)14-5-2-8-24-11-14)13-4-1-6-15(10-13)25-12-16-7-3-9-26-16/h1,3-4,6-7,9-10,14,17H,2,5,8,11-12H2,(H,20,21)(H,22,23). The van der Waals surface area contributed by atoms with Gasteiger partial charge < -0.3 is 19.9 Å². The molecule has 2 unspecified atom stereocenters. The van der Waals surface area contributed by atoms with E-state index in [1.807, 2.05) is 17.5 Å². The predicted octanol–water partition coefficient (Wildman–Crippen LogP) is 2.94. The lowest BCUT2D eigenvalue weighted by atomic mass is 9.93. The number of hydrogen-bond donors (Lipinski definition) is 2. The van der Waals surface area contributed by atoms with Gasteiger partial charge in [-0.1, -0.05) is 12.1 Å². The number of amides is 1. The molecule has 2 N–H and O–H groups in total. The van der Waals surface area contributed by atoms with Crippen LogP contribution in [0.15, 0.2) is 41.8 Å². The van der Waals surface area contributed by atoms with Crippen molar-refractivity contribution in [2.45, 2.75) is 25.5 Å². The molecule has 1 saturated heterocycles. The Balaban J connectivity index is 1.64. The van der Waals surface area contributed by atoms with Gasteiger partial charge in [0.05, 0.1) is 6.61 Å². The number of aliphatic carboxylic acids is 1. The molecule has 1 aromatic heterocycles. The van der Waals surface area contributed by atoms with Crippen LogP contribution in [-0.2, 0) is 16.1 Å². The highest BCUT2D eigenvalue weighted by atomic mass is 32.1. The van der Waals surface area contributed by atoms with Crippen LogP contribution in [0.4, 0.5) is 0 Å². The summed E-state index contributed by atoms with van der Waals surface area (Å²) in [5, 5.41) is 14.1. The quantitative estimate of drug-likeness (QED) is 0.777. The molecule has 0 aliphatic carbocycles. The molecule has 26 heavy (non-hydrogen) atoms. The maximum atomic E-state index is 12.5. The Morgan fingerprint density at radius 1 is 1.35 bits per heavy atom. The van der Waals surface area contributed by atoms with Crippen LogP contribution in [0.3, 0.4) is 0 Å². The Morgan fingerprint density at radius 2 is 2.23 bits per heavy atom. The Bertz CT molecular complexity index is 740. The molecule has 1 aliphatic heterocycles. The van der Waals surface area contributed by atoms with Gasteiger partial charge in [0.1, 0.15) is 18.4 Å². The molecule has 1 fully saturated rings. The molecule has 6 nitrogen and oxygen atoms in total. The molecule has 2 atom stereocenters. The first kappa shape index (κ1) is 18.4. The molecule has 7 heteroatoms. The van der Waals surface area contributed by atoms with E-state index < -0.39 is 17.9 Å². The fourth-order valence-electron chi connectivity index (χ4n) is 2.91. The van der Waals surface area contributed by atoms with Crippen molar-refractivity contribution in [3.63, 3.8) is 0 Å². The van der Waals surface area contributed by atoms with Crippen molar-refractivity contribution >= 4 is 23.2 Å². The Hall–Kier alpha value is -2.38. The molecule has 138 valence electrons. The number of hydrogen-bond acceptors (Lipinski definition) is 5. The zero-order chi connectivity index (χ0) is 18.4. The largest absolute Gasteiger partial charge is 0.488 e. The number of ether oxygens (including phenoxy) is 2. The fourth-order valence-corrected chi connectivity index (χ4v) is 3.53. The number of thiophene rings is 1. The summed E-state index contributed by atoms with van der Waals surface area (Å²) in [6.45, 7) is 1.42. The molecular weight excluding hydrogens is 354 g/mol. The molecule has 2 heterocycles. The van der Waals surface area contributed by atoms with Crippen molar-refractivity contribution in [1.82, 2.24) is 5.32 Å². The third kappa shape index (κ3) is 4.83. The molecule has 1 amide bonds. The third-order valence-corrected chi connectivity index (χ3v) is 5.13. The Kier molecular flexibility index (Phi) is 6.25. The van der Waals surface area contributed by atoms with Crippen molar-refractivity contribution in [2.24, 2.45) is 5.92 Å². The zero-order valence-electron chi connectivity index (χ0n) is 14.2. The maximum Gasteiger partial charge on any atom is 0.326 e. The van der Waals surface area contributed by atoms with E-state index in [1.165, 1.54) is 0 Å². The summed E-state index contributed by atoms with van der Waals surface area (Å²) < 4.78 is 11.1. The minimum Gasteiger partial charge on any atom is -0.488 e. The van der Waals surface area contributed by atoms with Gasteiger partial charge in [-0.25, -0.2) is 4.79 Å².